The predicted molar refractivity (Wildman–Crippen MR) is 113 cm³/mol. The summed E-state index contributed by atoms with van der Waals surface area (Å²) in [4.78, 5) is 31.1. The van der Waals surface area contributed by atoms with Gasteiger partial charge in [0.2, 0.25) is 5.91 Å². The van der Waals surface area contributed by atoms with Gasteiger partial charge >= 0.3 is 0 Å². The minimum Gasteiger partial charge on any atom is -0.372 e. The summed E-state index contributed by atoms with van der Waals surface area (Å²) in [7, 11) is 0. The minimum absolute atomic E-state index is 0.100. The van der Waals surface area contributed by atoms with Gasteiger partial charge in [-0.05, 0) is 44.0 Å². The second-order valence-electron chi connectivity index (χ2n) is 7.31. The van der Waals surface area contributed by atoms with Crippen molar-refractivity contribution in [1.82, 2.24) is 10.3 Å². The number of aryl methyl sites for hydroxylation is 1. The molecular formula is C22H28N4O3. The molecule has 0 unspecified atom stereocenters. The Labute approximate surface area is 171 Å². The highest BCUT2D eigenvalue weighted by molar-refractivity contribution is 5.99. The normalized spacial score (nSPS) is 18.9. The van der Waals surface area contributed by atoms with Crippen LogP contribution >= 0.6 is 0 Å². The highest BCUT2D eigenvalue weighted by Crippen LogP contribution is 2.18. The van der Waals surface area contributed by atoms with Gasteiger partial charge in [-0.25, -0.2) is 4.98 Å². The first kappa shape index (κ1) is 20.8. The number of hydrogen-bond acceptors (Lipinski definition) is 5. The Bertz CT molecular complexity index is 843. The van der Waals surface area contributed by atoms with E-state index in [9.17, 15) is 9.59 Å². The first-order valence-electron chi connectivity index (χ1n) is 9.98. The van der Waals surface area contributed by atoms with Crippen LogP contribution in [0.2, 0.25) is 0 Å². The lowest BCUT2D eigenvalue weighted by Gasteiger charge is -2.36. The molecule has 7 nitrogen and oxygen atoms in total. The van der Waals surface area contributed by atoms with E-state index < -0.39 is 0 Å². The molecule has 29 heavy (non-hydrogen) atoms. The number of rotatable bonds is 6. The molecule has 1 fully saturated rings. The van der Waals surface area contributed by atoms with Crippen LogP contribution in [-0.4, -0.2) is 48.6 Å². The van der Waals surface area contributed by atoms with E-state index in [0.717, 1.165) is 36.6 Å². The number of carbonyl (C=O) groups excluding carboxylic acids is 2. The van der Waals surface area contributed by atoms with Crippen molar-refractivity contribution in [3.8, 4) is 0 Å². The van der Waals surface area contributed by atoms with Gasteiger partial charge in [-0.3, -0.25) is 9.59 Å². The monoisotopic (exact) mass is 396 g/mol. The van der Waals surface area contributed by atoms with E-state index in [0.29, 0.717) is 5.56 Å². The fraction of sp³-hybridized carbons (Fsp3) is 0.409. The number of ether oxygens (including phenoxy) is 1. The summed E-state index contributed by atoms with van der Waals surface area (Å²) >= 11 is 0. The van der Waals surface area contributed by atoms with Crippen molar-refractivity contribution in [3.63, 3.8) is 0 Å². The van der Waals surface area contributed by atoms with Crippen molar-refractivity contribution in [3.05, 3.63) is 53.7 Å². The minimum atomic E-state index is -0.327. The Hall–Kier alpha value is -2.93. The maximum absolute atomic E-state index is 12.4. The molecule has 0 saturated carbocycles. The number of para-hydroxylation sites is 1. The van der Waals surface area contributed by atoms with Gasteiger partial charge in [0.25, 0.3) is 5.91 Å². The summed E-state index contributed by atoms with van der Waals surface area (Å²) in [5.74, 6) is 0.226. The highest BCUT2D eigenvalue weighted by atomic mass is 16.5. The van der Waals surface area contributed by atoms with Gasteiger partial charge in [-0.15, -0.1) is 0 Å². The van der Waals surface area contributed by atoms with Crippen LogP contribution in [0.25, 0.3) is 0 Å². The second-order valence-corrected chi connectivity index (χ2v) is 7.31. The molecule has 0 radical (unpaired) electrons. The Morgan fingerprint density at radius 2 is 1.86 bits per heavy atom. The number of aromatic nitrogens is 1. The van der Waals surface area contributed by atoms with E-state index in [-0.39, 0.29) is 30.6 Å². The van der Waals surface area contributed by atoms with Gasteiger partial charge in [0.1, 0.15) is 5.82 Å². The summed E-state index contributed by atoms with van der Waals surface area (Å²) in [6.45, 7) is 7.53. The SMILES string of the molecule is CCc1ccccc1NC(=O)CNC(=O)c1ccc(N2C[C@@H](C)O[C@H](C)C2)nc1. The van der Waals surface area contributed by atoms with Crippen molar-refractivity contribution in [2.45, 2.75) is 39.4 Å². The summed E-state index contributed by atoms with van der Waals surface area (Å²) in [6, 6.07) is 11.2. The van der Waals surface area contributed by atoms with E-state index in [1.807, 2.05) is 51.1 Å². The van der Waals surface area contributed by atoms with Crippen molar-refractivity contribution < 1.29 is 14.3 Å². The summed E-state index contributed by atoms with van der Waals surface area (Å²) < 4.78 is 5.74. The third kappa shape index (κ3) is 5.54. The molecule has 7 heteroatoms. The molecule has 2 N–H and O–H groups in total. The maximum Gasteiger partial charge on any atom is 0.253 e. The average Bonchev–Trinajstić information content (AvgIpc) is 2.72. The number of benzene rings is 1. The standard InChI is InChI=1S/C22H28N4O3/c1-4-17-7-5-6-8-19(17)25-21(27)12-24-22(28)18-9-10-20(23-11-18)26-13-15(2)29-16(3)14-26/h5-11,15-16H,4,12-14H2,1-3H3,(H,24,28)(H,25,27)/t15-,16-/m1/s1. The van der Waals surface area contributed by atoms with Crippen LogP contribution in [0.3, 0.4) is 0 Å². The Kier molecular flexibility index (Phi) is 6.82. The number of nitrogens with one attached hydrogen (secondary N) is 2. The third-order valence-electron chi connectivity index (χ3n) is 4.84. The number of hydrogen-bond donors (Lipinski definition) is 2. The highest BCUT2D eigenvalue weighted by Gasteiger charge is 2.23. The molecule has 2 atom stereocenters. The van der Waals surface area contributed by atoms with E-state index in [1.165, 1.54) is 0 Å². The second kappa shape index (κ2) is 9.52. The number of anilines is 2. The van der Waals surface area contributed by atoms with Crippen molar-refractivity contribution >= 4 is 23.3 Å². The molecule has 154 valence electrons. The Morgan fingerprint density at radius 1 is 1.14 bits per heavy atom. The molecule has 2 amide bonds. The first-order valence-corrected chi connectivity index (χ1v) is 9.98. The fourth-order valence-electron chi connectivity index (χ4n) is 3.48. The van der Waals surface area contributed by atoms with E-state index in [4.69, 9.17) is 4.74 Å². The zero-order chi connectivity index (χ0) is 20.8. The topological polar surface area (TPSA) is 83.6 Å². The summed E-state index contributed by atoms with van der Waals surface area (Å²) in [6.07, 6.45) is 2.64. The molecule has 1 aliphatic rings. The van der Waals surface area contributed by atoms with Crippen LogP contribution in [0.5, 0.6) is 0 Å². The Balaban J connectivity index is 1.53. The van der Waals surface area contributed by atoms with Gasteiger partial charge in [-0.2, -0.15) is 0 Å². The van der Waals surface area contributed by atoms with E-state index in [1.54, 1.807) is 12.3 Å². The lowest BCUT2D eigenvalue weighted by atomic mass is 10.1. The largest absolute Gasteiger partial charge is 0.372 e. The van der Waals surface area contributed by atoms with Crippen molar-refractivity contribution in [2.24, 2.45) is 0 Å². The van der Waals surface area contributed by atoms with Gasteiger partial charge < -0.3 is 20.3 Å². The summed E-state index contributed by atoms with van der Waals surface area (Å²) in [5.41, 5.74) is 2.25. The Morgan fingerprint density at radius 3 is 2.52 bits per heavy atom. The van der Waals surface area contributed by atoms with Gasteiger partial charge in [0, 0.05) is 25.0 Å². The zero-order valence-corrected chi connectivity index (χ0v) is 17.1. The molecule has 1 aromatic heterocycles. The maximum atomic E-state index is 12.4. The number of carbonyl (C=O) groups is 2. The molecule has 1 aliphatic heterocycles. The molecule has 0 spiro atoms. The van der Waals surface area contributed by atoms with Crippen LogP contribution in [0, 0.1) is 0 Å². The molecular weight excluding hydrogens is 368 g/mol. The number of nitrogens with zero attached hydrogens (tertiary/aromatic N) is 2. The first-order chi connectivity index (χ1) is 14.0. The van der Waals surface area contributed by atoms with Crippen LogP contribution in [-0.2, 0) is 16.0 Å². The third-order valence-corrected chi connectivity index (χ3v) is 4.84. The van der Waals surface area contributed by atoms with Crippen LogP contribution in [0.15, 0.2) is 42.6 Å². The van der Waals surface area contributed by atoms with Crippen molar-refractivity contribution in [2.75, 3.05) is 29.9 Å². The van der Waals surface area contributed by atoms with Gasteiger partial charge in [-0.1, -0.05) is 25.1 Å². The molecule has 3 rings (SSSR count). The number of morpholine rings is 1. The fourth-order valence-corrected chi connectivity index (χ4v) is 3.48. The lowest BCUT2D eigenvalue weighted by molar-refractivity contribution is -0.115. The summed E-state index contributed by atoms with van der Waals surface area (Å²) in [5, 5.41) is 5.49. The van der Waals surface area contributed by atoms with Crippen LogP contribution in [0.4, 0.5) is 11.5 Å². The zero-order valence-electron chi connectivity index (χ0n) is 17.1. The molecule has 2 aromatic rings. The average molecular weight is 396 g/mol. The lowest BCUT2D eigenvalue weighted by Crippen LogP contribution is -2.45. The van der Waals surface area contributed by atoms with Gasteiger partial charge in [0.15, 0.2) is 0 Å². The smallest absolute Gasteiger partial charge is 0.253 e. The van der Waals surface area contributed by atoms with E-state index in [2.05, 4.69) is 20.5 Å². The number of amides is 2. The predicted octanol–water partition coefficient (Wildman–Crippen LogP) is 2.63. The number of pyridine rings is 1. The molecule has 0 aliphatic carbocycles. The molecule has 1 saturated heterocycles. The quantitative estimate of drug-likeness (QED) is 0.784. The van der Waals surface area contributed by atoms with Crippen LogP contribution in [0.1, 0.15) is 36.7 Å². The van der Waals surface area contributed by atoms with Gasteiger partial charge in [0.05, 0.1) is 24.3 Å². The van der Waals surface area contributed by atoms with Crippen molar-refractivity contribution in [1.29, 1.82) is 0 Å². The molecule has 1 aromatic carbocycles. The molecule has 2 heterocycles. The van der Waals surface area contributed by atoms with Crippen LogP contribution < -0.4 is 15.5 Å². The van der Waals surface area contributed by atoms with E-state index >= 15 is 0 Å². The molecule has 0 bridgehead atoms.